The zero-order valence-electron chi connectivity index (χ0n) is 14.5. The van der Waals surface area contributed by atoms with Gasteiger partial charge in [-0.2, -0.15) is 13.2 Å². The second-order valence-electron chi connectivity index (χ2n) is 6.89. The molecule has 1 saturated carbocycles. The van der Waals surface area contributed by atoms with E-state index in [1.165, 1.54) is 12.1 Å². The van der Waals surface area contributed by atoms with Crippen molar-refractivity contribution in [3.63, 3.8) is 0 Å². The van der Waals surface area contributed by atoms with Crippen molar-refractivity contribution in [3.05, 3.63) is 52.3 Å². The van der Waals surface area contributed by atoms with Gasteiger partial charge in [0.15, 0.2) is 0 Å². The third-order valence-corrected chi connectivity index (χ3v) is 4.74. The van der Waals surface area contributed by atoms with Crippen LogP contribution in [0.15, 0.2) is 24.3 Å². The van der Waals surface area contributed by atoms with Gasteiger partial charge in [0.25, 0.3) is 0 Å². The maximum atomic E-state index is 14.3. The lowest BCUT2D eigenvalue weighted by Crippen LogP contribution is -2.11. The summed E-state index contributed by atoms with van der Waals surface area (Å²) in [4.78, 5) is 10.8. The van der Waals surface area contributed by atoms with Gasteiger partial charge >= 0.3 is 12.1 Å². The minimum absolute atomic E-state index is 0.0152. The molecule has 0 bridgehead atoms. The summed E-state index contributed by atoms with van der Waals surface area (Å²) < 4.78 is 54.2. The molecule has 1 fully saturated rings. The molecule has 0 heterocycles. The number of aryl methyl sites for hydroxylation is 2. The number of alkyl halides is 3. The average Bonchev–Trinajstić information content (AvgIpc) is 3.37. The Kier molecular flexibility index (Phi) is 4.88. The molecule has 0 unspecified atom stereocenters. The molecule has 0 atom stereocenters. The van der Waals surface area contributed by atoms with Crippen molar-refractivity contribution in [1.82, 2.24) is 0 Å². The van der Waals surface area contributed by atoms with Gasteiger partial charge in [-0.15, -0.1) is 0 Å². The van der Waals surface area contributed by atoms with Gasteiger partial charge in [-0.3, -0.25) is 4.79 Å². The molecule has 2 aromatic carbocycles. The second-order valence-corrected chi connectivity index (χ2v) is 6.89. The Balaban J connectivity index is 2.14. The Morgan fingerprint density at radius 1 is 1.19 bits per heavy atom. The number of hydrogen-bond acceptors (Lipinski definition) is 2. The van der Waals surface area contributed by atoms with E-state index >= 15 is 0 Å². The van der Waals surface area contributed by atoms with Crippen LogP contribution in [0.3, 0.4) is 0 Å². The predicted molar refractivity (Wildman–Crippen MR) is 91.2 cm³/mol. The van der Waals surface area contributed by atoms with Crippen LogP contribution >= 0.6 is 0 Å². The van der Waals surface area contributed by atoms with Gasteiger partial charge in [0, 0.05) is 12.0 Å². The van der Waals surface area contributed by atoms with Crippen molar-refractivity contribution in [1.29, 1.82) is 0 Å². The van der Waals surface area contributed by atoms with Crippen LogP contribution in [0.1, 0.15) is 47.4 Å². The van der Waals surface area contributed by atoms with Gasteiger partial charge in [0.2, 0.25) is 0 Å². The Bertz CT molecular complexity index is 876. The number of phenols is 1. The van der Waals surface area contributed by atoms with Crippen molar-refractivity contribution in [2.45, 2.75) is 44.7 Å². The minimum atomic E-state index is -4.93. The van der Waals surface area contributed by atoms with E-state index in [1.807, 2.05) is 6.07 Å². The van der Waals surface area contributed by atoms with Crippen molar-refractivity contribution in [3.8, 4) is 16.9 Å². The third-order valence-electron chi connectivity index (χ3n) is 4.74. The van der Waals surface area contributed by atoms with Crippen LogP contribution < -0.4 is 0 Å². The molecule has 0 saturated heterocycles. The van der Waals surface area contributed by atoms with Gasteiger partial charge in [0.1, 0.15) is 11.6 Å². The molecule has 0 radical (unpaired) electrons. The predicted octanol–water partition coefficient (Wildman–Crippen LogP) is 5.42. The average molecular weight is 382 g/mol. The van der Waals surface area contributed by atoms with Crippen LogP contribution in [0.4, 0.5) is 17.6 Å². The first-order chi connectivity index (χ1) is 12.6. The first-order valence-corrected chi connectivity index (χ1v) is 8.53. The number of carboxylic acids is 1. The monoisotopic (exact) mass is 382 g/mol. The highest BCUT2D eigenvalue weighted by Crippen LogP contribution is 2.45. The van der Waals surface area contributed by atoms with E-state index in [-0.39, 0.29) is 28.9 Å². The maximum Gasteiger partial charge on any atom is 0.419 e. The SMILES string of the molecule is Cc1cc(C2CC2)cc(O)c1-c1cc(CCC(=O)O)c(F)c(C(F)(F)F)c1. The number of carbonyl (C=O) groups is 1. The molecule has 2 N–H and O–H groups in total. The summed E-state index contributed by atoms with van der Waals surface area (Å²) in [5.41, 5.74) is -0.0838. The normalized spacial score (nSPS) is 14.4. The first-order valence-electron chi connectivity index (χ1n) is 8.53. The Morgan fingerprint density at radius 3 is 2.37 bits per heavy atom. The van der Waals surface area contributed by atoms with E-state index in [0.29, 0.717) is 17.5 Å². The molecule has 0 aromatic heterocycles. The second kappa shape index (κ2) is 6.87. The third kappa shape index (κ3) is 4.07. The minimum Gasteiger partial charge on any atom is -0.507 e. The highest BCUT2D eigenvalue weighted by Gasteiger charge is 2.36. The molecule has 0 aliphatic heterocycles. The highest BCUT2D eigenvalue weighted by atomic mass is 19.4. The molecule has 1 aliphatic carbocycles. The summed E-state index contributed by atoms with van der Waals surface area (Å²) in [5.74, 6) is -2.52. The van der Waals surface area contributed by atoms with E-state index in [2.05, 4.69) is 0 Å². The lowest BCUT2D eigenvalue weighted by molar-refractivity contribution is -0.140. The number of phenolic OH excluding ortho intramolecular Hbond substituents is 1. The van der Waals surface area contributed by atoms with Gasteiger partial charge < -0.3 is 10.2 Å². The highest BCUT2D eigenvalue weighted by molar-refractivity contribution is 5.76. The molecular weight excluding hydrogens is 364 g/mol. The van der Waals surface area contributed by atoms with E-state index in [4.69, 9.17) is 5.11 Å². The lowest BCUT2D eigenvalue weighted by Gasteiger charge is -2.17. The summed E-state index contributed by atoms with van der Waals surface area (Å²) in [7, 11) is 0. The van der Waals surface area contributed by atoms with Gasteiger partial charge in [0.05, 0.1) is 5.56 Å². The molecule has 3 nitrogen and oxygen atoms in total. The Hall–Kier alpha value is -2.57. The molecule has 2 aromatic rings. The first kappa shape index (κ1) is 19.2. The van der Waals surface area contributed by atoms with E-state index < -0.39 is 29.9 Å². The quantitative estimate of drug-likeness (QED) is 0.679. The summed E-state index contributed by atoms with van der Waals surface area (Å²) in [6, 6.07) is 5.21. The van der Waals surface area contributed by atoms with Crippen LogP contribution in [0.2, 0.25) is 0 Å². The largest absolute Gasteiger partial charge is 0.507 e. The fraction of sp³-hybridized carbons (Fsp3) is 0.350. The number of carboxylic acid groups (broad SMARTS) is 1. The molecule has 0 amide bonds. The van der Waals surface area contributed by atoms with Crippen molar-refractivity contribution < 1.29 is 32.6 Å². The molecule has 0 spiro atoms. The number of aliphatic carboxylic acids is 1. The fourth-order valence-corrected chi connectivity index (χ4v) is 3.28. The number of rotatable bonds is 5. The van der Waals surface area contributed by atoms with Crippen LogP contribution in [0.25, 0.3) is 11.1 Å². The number of halogens is 4. The molecule has 3 rings (SSSR count). The number of hydrogen-bond donors (Lipinski definition) is 2. The smallest absolute Gasteiger partial charge is 0.419 e. The van der Waals surface area contributed by atoms with Crippen LogP contribution in [-0.4, -0.2) is 16.2 Å². The van der Waals surface area contributed by atoms with Crippen LogP contribution in [0.5, 0.6) is 5.75 Å². The van der Waals surface area contributed by atoms with E-state index in [9.17, 15) is 27.5 Å². The Labute approximate surface area is 153 Å². The molecule has 27 heavy (non-hydrogen) atoms. The number of benzene rings is 2. The van der Waals surface area contributed by atoms with Gasteiger partial charge in [-0.1, -0.05) is 6.07 Å². The molecular formula is C20H18F4O3. The maximum absolute atomic E-state index is 14.3. The van der Waals surface area contributed by atoms with Gasteiger partial charge in [-0.05, 0) is 72.6 Å². The van der Waals surface area contributed by atoms with Crippen molar-refractivity contribution >= 4 is 5.97 Å². The fourth-order valence-electron chi connectivity index (χ4n) is 3.28. The Morgan fingerprint density at radius 2 is 1.85 bits per heavy atom. The topological polar surface area (TPSA) is 57.5 Å². The van der Waals surface area contributed by atoms with Crippen LogP contribution in [0, 0.1) is 12.7 Å². The van der Waals surface area contributed by atoms with E-state index in [1.54, 1.807) is 6.92 Å². The standard InChI is InChI=1S/C20H18F4O3/c1-10-6-13(11-2-3-11)9-16(25)18(10)14-7-12(4-5-17(26)27)19(21)15(8-14)20(22,23)24/h6-9,11,25H,2-5H2,1H3,(H,26,27). The summed E-state index contributed by atoms with van der Waals surface area (Å²) in [5, 5.41) is 19.2. The van der Waals surface area contributed by atoms with Crippen LogP contribution in [-0.2, 0) is 17.4 Å². The summed E-state index contributed by atoms with van der Waals surface area (Å²) >= 11 is 0. The zero-order valence-corrected chi connectivity index (χ0v) is 14.5. The summed E-state index contributed by atoms with van der Waals surface area (Å²) in [6.07, 6.45) is -3.80. The molecule has 144 valence electrons. The number of aromatic hydroxyl groups is 1. The zero-order chi connectivity index (χ0) is 19.9. The molecule has 7 heteroatoms. The molecule has 1 aliphatic rings. The summed E-state index contributed by atoms with van der Waals surface area (Å²) in [6.45, 7) is 1.68. The van der Waals surface area contributed by atoms with Crippen molar-refractivity contribution in [2.24, 2.45) is 0 Å². The van der Waals surface area contributed by atoms with Gasteiger partial charge in [-0.25, -0.2) is 4.39 Å². The van der Waals surface area contributed by atoms with Crippen molar-refractivity contribution in [2.75, 3.05) is 0 Å². The lowest BCUT2D eigenvalue weighted by atomic mass is 9.92. The van der Waals surface area contributed by atoms with E-state index in [0.717, 1.165) is 18.4 Å².